The van der Waals surface area contributed by atoms with E-state index in [1.165, 1.54) is 0 Å². The first-order valence-electron chi connectivity index (χ1n) is 4.53. The number of hydrogen-bond donors (Lipinski definition) is 2. The van der Waals surface area contributed by atoms with Crippen molar-refractivity contribution in [2.75, 3.05) is 6.16 Å². The van der Waals surface area contributed by atoms with E-state index in [1.54, 1.807) is 24.3 Å². The Morgan fingerprint density at radius 1 is 1.27 bits per heavy atom. The number of ketones is 1. The second-order valence-electron chi connectivity index (χ2n) is 3.43. The van der Waals surface area contributed by atoms with Gasteiger partial charge in [0.25, 0.3) is 0 Å². The van der Waals surface area contributed by atoms with Gasteiger partial charge in [-0.05, 0) is 6.92 Å². The van der Waals surface area contributed by atoms with Crippen molar-refractivity contribution in [3.63, 3.8) is 0 Å². The van der Waals surface area contributed by atoms with Crippen LogP contribution in [0.3, 0.4) is 0 Å². The van der Waals surface area contributed by atoms with E-state index in [2.05, 4.69) is 0 Å². The van der Waals surface area contributed by atoms with Gasteiger partial charge in [-0.25, -0.2) is 0 Å². The average molecular weight is 228 g/mol. The maximum absolute atomic E-state index is 11.5. The van der Waals surface area contributed by atoms with Crippen LogP contribution in [0.25, 0.3) is 0 Å². The van der Waals surface area contributed by atoms with Gasteiger partial charge in [0, 0.05) is 12.0 Å². The molecule has 0 aliphatic rings. The van der Waals surface area contributed by atoms with E-state index in [9.17, 15) is 9.36 Å². The second-order valence-corrected chi connectivity index (χ2v) is 5.20. The Balaban J connectivity index is 2.62. The number of Topliss-reactive ketones (excluding diaryl/α,β-unsaturated/α-hetero) is 1. The van der Waals surface area contributed by atoms with E-state index in [1.807, 2.05) is 6.92 Å². The lowest BCUT2D eigenvalue weighted by molar-refractivity contribution is 0.0986. The van der Waals surface area contributed by atoms with Crippen molar-refractivity contribution in [1.29, 1.82) is 0 Å². The smallest absolute Gasteiger partial charge is 0.324 e. The van der Waals surface area contributed by atoms with Crippen LogP contribution in [0, 0.1) is 6.92 Å². The van der Waals surface area contributed by atoms with E-state index in [4.69, 9.17) is 9.79 Å². The predicted octanol–water partition coefficient (Wildman–Crippen LogP) is 1.75. The third-order valence-electron chi connectivity index (χ3n) is 2.00. The normalized spacial score (nSPS) is 11.4. The molecule has 2 N–H and O–H groups in total. The summed E-state index contributed by atoms with van der Waals surface area (Å²) in [7, 11) is -4.07. The van der Waals surface area contributed by atoms with Gasteiger partial charge in [-0.15, -0.1) is 0 Å². The molecule has 1 aromatic carbocycles. The van der Waals surface area contributed by atoms with Crippen LogP contribution >= 0.6 is 7.60 Å². The molecule has 0 spiro atoms. The third-order valence-corrected chi connectivity index (χ3v) is 2.81. The Morgan fingerprint density at radius 3 is 2.27 bits per heavy atom. The van der Waals surface area contributed by atoms with E-state index in [0.717, 1.165) is 5.56 Å². The summed E-state index contributed by atoms with van der Waals surface area (Å²) in [5.74, 6) is -0.238. The van der Waals surface area contributed by atoms with Gasteiger partial charge in [-0.3, -0.25) is 9.36 Å². The number of benzene rings is 1. The molecule has 0 heterocycles. The van der Waals surface area contributed by atoms with E-state index in [0.29, 0.717) is 5.56 Å². The first-order chi connectivity index (χ1) is 6.88. The Hall–Kier alpha value is -0.960. The molecule has 0 aromatic heterocycles. The zero-order chi connectivity index (χ0) is 11.5. The van der Waals surface area contributed by atoms with Crippen molar-refractivity contribution in [1.82, 2.24) is 0 Å². The van der Waals surface area contributed by atoms with Crippen LogP contribution in [0.2, 0.25) is 0 Å². The highest BCUT2D eigenvalue weighted by molar-refractivity contribution is 7.51. The van der Waals surface area contributed by atoms with Crippen LogP contribution < -0.4 is 0 Å². The number of rotatable bonds is 4. The molecule has 82 valence electrons. The fourth-order valence-corrected chi connectivity index (χ4v) is 1.63. The molecule has 5 heteroatoms. The predicted molar refractivity (Wildman–Crippen MR) is 57.0 cm³/mol. The fraction of sp³-hybridized carbons (Fsp3) is 0.300. The number of carbonyl (C=O) groups excluding carboxylic acids is 1. The molecule has 0 aliphatic carbocycles. The van der Waals surface area contributed by atoms with Crippen LogP contribution in [-0.2, 0) is 4.57 Å². The molecule has 0 saturated heterocycles. The van der Waals surface area contributed by atoms with Gasteiger partial charge in [-0.2, -0.15) is 0 Å². The lowest BCUT2D eigenvalue weighted by atomic mass is 10.1. The van der Waals surface area contributed by atoms with Crippen molar-refractivity contribution in [3.8, 4) is 0 Å². The molecule has 0 atom stereocenters. The van der Waals surface area contributed by atoms with Crippen LogP contribution in [0.1, 0.15) is 22.3 Å². The zero-order valence-corrected chi connectivity index (χ0v) is 9.28. The minimum Gasteiger partial charge on any atom is -0.324 e. The SMILES string of the molecule is Cc1ccc(C(=O)CCP(=O)(O)O)cc1. The molecule has 0 aliphatic heterocycles. The van der Waals surface area contributed by atoms with Gasteiger partial charge in [0.1, 0.15) is 0 Å². The van der Waals surface area contributed by atoms with Crippen LogP contribution in [-0.4, -0.2) is 21.7 Å². The molecule has 0 bridgehead atoms. The second kappa shape index (κ2) is 4.71. The Labute approximate surface area is 88.1 Å². The minimum atomic E-state index is -4.07. The van der Waals surface area contributed by atoms with Crippen molar-refractivity contribution in [2.24, 2.45) is 0 Å². The number of hydrogen-bond acceptors (Lipinski definition) is 2. The van der Waals surface area contributed by atoms with Crippen LogP contribution in [0.15, 0.2) is 24.3 Å². The summed E-state index contributed by atoms with van der Waals surface area (Å²) in [6, 6.07) is 6.92. The fourth-order valence-electron chi connectivity index (χ4n) is 1.13. The van der Waals surface area contributed by atoms with Gasteiger partial charge in [0.05, 0.1) is 6.16 Å². The van der Waals surface area contributed by atoms with Crippen LogP contribution in [0.4, 0.5) is 0 Å². The summed E-state index contributed by atoms with van der Waals surface area (Å²) in [5.41, 5.74) is 1.54. The standard InChI is InChI=1S/C10H13O4P/c1-8-2-4-9(5-3-8)10(11)6-7-15(12,13)14/h2-5H,6-7H2,1H3,(H2,12,13,14). The Bertz CT molecular complexity index is 390. The van der Waals surface area contributed by atoms with E-state index < -0.39 is 7.60 Å². The highest BCUT2D eigenvalue weighted by atomic mass is 31.2. The van der Waals surface area contributed by atoms with Crippen molar-refractivity contribution in [2.45, 2.75) is 13.3 Å². The quantitative estimate of drug-likeness (QED) is 0.608. The number of carbonyl (C=O) groups is 1. The molecule has 0 radical (unpaired) electrons. The largest absolute Gasteiger partial charge is 0.326 e. The molecule has 1 rings (SSSR count). The van der Waals surface area contributed by atoms with Crippen molar-refractivity contribution >= 4 is 13.4 Å². The first kappa shape index (κ1) is 12.1. The summed E-state index contributed by atoms with van der Waals surface area (Å²) in [5, 5.41) is 0. The summed E-state index contributed by atoms with van der Waals surface area (Å²) in [6.45, 7) is 1.91. The summed E-state index contributed by atoms with van der Waals surface area (Å²) in [4.78, 5) is 28.7. The molecule has 0 amide bonds. The maximum Gasteiger partial charge on any atom is 0.326 e. The molecule has 1 aromatic rings. The van der Waals surface area contributed by atoms with Gasteiger partial charge in [0.15, 0.2) is 5.78 Å². The molecule has 0 saturated carbocycles. The molecular weight excluding hydrogens is 215 g/mol. The topological polar surface area (TPSA) is 74.6 Å². The van der Waals surface area contributed by atoms with E-state index >= 15 is 0 Å². The molecular formula is C10H13O4P. The summed E-state index contributed by atoms with van der Waals surface area (Å²) in [6.07, 6.45) is -0.507. The molecule has 0 unspecified atom stereocenters. The van der Waals surface area contributed by atoms with E-state index in [-0.39, 0.29) is 18.4 Å². The zero-order valence-electron chi connectivity index (χ0n) is 8.38. The van der Waals surface area contributed by atoms with Crippen LogP contribution in [0.5, 0.6) is 0 Å². The molecule has 0 fully saturated rings. The Morgan fingerprint density at radius 2 is 1.80 bits per heavy atom. The summed E-state index contributed by atoms with van der Waals surface area (Å²) >= 11 is 0. The van der Waals surface area contributed by atoms with Gasteiger partial charge >= 0.3 is 7.60 Å². The molecule has 15 heavy (non-hydrogen) atoms. The highest BCUT2D eigenvalue weighted by Crippen LogP contribution is 2.35. The molecule has 4 nitrogen and oxygen atoms in total. The van der Waals surface area contributed by atoms with Gasteiger partial charge in [-0.1, -0.05) is 29.8 Å². The summed E-state index contributed by atoms with van der Waals surface area (Å²) < 4.78 is 10.6. The Kier molecular flexibility index (Phi) is 3.80. The lowest BCUT2D eigenvalue weighted by Gasteiger charge is -2.03. The first-order valence-corrected chi connectivity index (χ1v) is 6.33. The average Bonchev–Trinajstić information content (AvgIpc) is 2.14. The van der Waals surface area contributed by atoms with Crippen molar-refractivity contribution in [3.05, 3.63) is 35.4 Å². The van der Waals surface area contributed by atoms with Gasteiger partial charge in [0.2, 0.25) is 0 Å². The highest BCUT2D eigenvalue weighted by Gasteiger charge is 2.16. The maximum atomic E-state index is 11.5. The minimum absolute atomic E-state index is 0.118. The monoisotopic (exact) mass is 228 g/mol. The van der Waals surface area contributed by atoms with Crippen molar-refractivity contribution < 1.29 is 19.1 Å². The number of aryl methyl sites for hydroxylation is 1. The third kappa shape index (κ3) is 4.38. The van der Waals surface area contributed by atoms with Gasteiger partial charge < -0.3 is 9.79 Å². The lowest BCUT2D eigenvalue weighted by Crippen LogP contribution is -2.02.